The lowest BCUT2D eigenvalue weighted by Gasteiger charge is -2.30. The Morgan fingerprint density at radius 2 is 0.635 bits per heavy atom. The molecule has 0 aliphatic heterocycles. The highest BCUT2D eigenvalue weighted by Crippen LogP contribution is 2.49. The summed E-state index contributed by atoms with van der Waals surface area (Å²) in [5.41, 5.74) is 17.0. The first-order chi connectivity index (χ1) is 31.3. The van der Waals surface area contributed by atoms with Crippen molar-refractivity contribution in [2.24, 2.45) is 0 Å². The molecule has 0 radical (unpaired) electrons. The van der Waals surface area contributed by atoms with Gasteiger partial charge in [-0.25, -0.2) is 0 Å². The van der Waals surface area contributed by atoms with Crippen LogP contribution in [0.2, 0.25) is 0 Å². The van der Waals surface area contributed by atoms with E-state index in [1.165, 1.54) is 33.0 Å². The minimum absolute atomic E-state index is 1.07. The average Bonchev–Trinajstić information content (AvgIpc) is 3.71. The van der Waals surface area contributed by atoms with Crippen molar-refractivity contribution in [2.45, 2.75) is 0 Å². The van der Waals surface area contributed by atoms with E-state index < -0.39 is 0 Å². The van der Waals surface area contributed by atoms with Crippen molar-refractivity contribution < 1.29 is 0 Å². The highest BCUT2D eigenvalue weighted by molar-refractivity contribution is 6.17. The van der Waals surface area contributed by atoms with E-state index in [9.17, 15) is 0 Å². The van der Waals surface area contributed by atoms with Crippen molar-refractivity contribution in [3.8, 4) is 39.1 Å². The number of anilines is 6. The maximum absolute atomic E-state index is 2.45. The maximum Gasteiger partial charge on any atom is 0.0788 e. The standard InChI is InChI=1S/C60H43N3/c1-6-18-44(19-7-1)46-30-36-52(37-31-46)61(49-22-10-3-11-23-49)53-40-34-48(35-41-53)55-42-43-57-56-28-16-17-29-58(56)63(51-26-14-5-15-27-51)60(57)59(55)62(50-24-12-4-13-25-50)54-38-32-47(33-39-54)45-20-8-2-9-21-45/h1-43H. The second kappa shape index (κ2) is 16.6. The quantitative estimate of drug-likeness (QED) is 0.136. The van der Waals surface area contributed by atoms with Crippen LogP contribution in [0.1, 0.15) is 0 Å². The van der Waals surface area contributed by atoms with Gasteiger partial charge in [-0.15, -0.1) is 0 Å². The number of rotatable bonds is 10. The molecule has 0 aliphatic carbocycles. The molecule has 0 amide bonds. The van der Waals surface area contributed by atoms with Gasteiger partial charge in [0.05, 0.1) is 16.7 Å². The zero-order valence-corrected chi connectivity index (χ0v) is 34.7. The molecule has 3 nitrogen and oxygen atoms in total. The van der Waals surface area contributed by atoms with Crippen molar-refractivity contribution in [3.05, 3.63) is 261 Å². The fourth-order valence-electron chi connectivity index (χ4n) is 9.01. The number of aromatic nitrogens is 1. The molecule has 0 unspecified atom stereocenters. The Balaban J connectivity index is 1.12. The van der Waals surface area contributed by atoms with Gasteiger partial charge in [-0.2, -0.15) is 0 Å². The van der Waals surface area contributed by atoms with E-state index in [0.29, 0.717) is 0 Å². The summed E-state index contributed by atoms with van der Waals surface area (Å²) in [6.45, 7) is 0. The first kappa shape index (κ1) is 37.6. The number of benzene rings is 10. The predicted octanol–water partition coefficient (Wildman–Crippen LogP) is 16.7. The van der Waals surface area contributed by atoms with Crippen molar-refractivity contribution in [1.29, 1.82) is 0 Å². The number of nitrogens with zero attached hydrogens (tertiary/aromatic N) is 3. The van der Waals surface area contributed by atoms with Gasteiger partial charge in [0.2, 0.25) is 0 Å². The van der Waals surface area contributed by atoms with Gasteiger partial charge < -0.3 is 14.4 Å². The molecule has 10 aromatic carbocycles. The zero-order valence-electron chi connectivity index (χ0n) is 34.7. The highest BCUT2D eigenvalue weighted by atomic mass is 15.2. The van der Waals surface area contributed by atoms with Gasteiger partial charge in [0.1, 0.15) is 0 Å². The summed E-state index contributed by atoms with van der Waals surface area (Å²) in [5, 5.41) is 2.41. The SMILES string of the molecule is c1ccc(-c2ccc(N(c3ccccc3)c3ccc(-c4ccc5c6ccccc6n(-c6ccccc6)c5c4N(c4ccccc4)c4ccc(-c5ccccc5)cc4)cc3)cc2)cc1. The van der Waals surface area contributed by atoms with Crippen LogP contribution in [0.25, 0.3) is 60.9 Å². The van der Waals surface area contributed by atoms with Crippen molar-refractivity contribution in [2.75, 3.05) is 9.80 Å². The summed E-state index contributed by atoms with van der Waals surface area (Å²) in [6, 6.07) is 93.7. The molecule has 3 heteroatoms. The topological polar surface area (TPSA) is 11.4 Å². The van der Waals surface area contributed by atoms with E-state index in [4.69, 9.17) is 0 Å². The fraction of sp³-hybridized carbons (Fsp3) is 0. The highest BCUT2D eigenvalue weighted by Gasteiger charge is 2.26. The summed E-state index contributed by atoms with van der Waals surface area (Å²) < 4.78 is 2.45. The molecule has 0 aliphatic rings. The number of para-hydroxylation sites is 4. The smallest absolute Gasteiger partial charge is 0.0788 e. The van der Waals surface area contributed by atoms with E-state index >= 15 is 0 Å². The second-order valence-electron chi connectivity index (χ2n) is 15.8. The van der Waals surface area contributed by atoms with Crippen molar-refractivity contribution >= 4 is 55.9 Å². The summed E-state index contributed by atoms with van der Waals surface area (Å²) in [4.78, 5) is 4.78. The molecule has 11 aromatic rings. The Hall–Kier alpha value is -8.40. The summed E-state index contributed by atoms with van der Waals surface area (Å²) >= 11 is 0. The molecule has 0 N–H and O–H groups in total. The van der Waals surface area contributed by atoms with Crippen LogP contribution in [0, 0.1) is 0 Å². The first-order valence-corrected chi connectivity index (χ1v) is 21.5. The Bertz CT molecular complexity index is 3270. The molecule has 298 valence electrons. The largest absolute Gasteiger partial charge is 0.311 e. The van der Waals surface area contributed by atoms with Gasteiger partial charge in [0.25, 0.3) is 0 Å². The van der Waals surface area contributed by atoms with E-state index in [1.54, 1.807) is 0 Å². The molecular formula is C60H43N3. The van der Waals surface area contributed by atoms with E-state index in [1.807, 2.05) is 0 Å². The molecule has 0 fully saturated rings. The Labute approximate surface area is 368 Å². The molecule has 11 rings (SSSR count). The maximum atomic E-state index is 2.45. The van der Waals surface area contributed by atoms with Gasteiger partial charge in [-0.3, -0.25) is 0 Å². The molecule has 0 bridgehead atoms. The minimum Gasteiger partial charge on any atom is -0.311 e. The molecule has 1 aromatic heterocycles. The molecule has 0 saturated heterocycles. The normalized spacial score (nSPS) is 11.2. The monoisotopic (exact) mass is 805 g/mol. The van der Waals surface area contributed by atoms with Crippen molar-refractivity contribution in [1.82, 2.24) is 4.57 Å². The average molecular weight is 806 g/mol. The fourth-order valence-corrected chi connectivity index (χ4v) is 9.01. The second-order valence-corrected chi connectivity index (χ2v) is 15.8. The van der Waals surface area contributed by atoms with Gasteiger partial charge in [0, 0.05) is 50.5 Å². The van der Waals surface area contributed by atoms with Crippen LogP contribution in [0.5, 0.6) is 0 Å². The Morgan fingerprint density at radius 3 is 1.16 bits per heavy atom. The van der Waals surface area contributed by atoms with Crippen LogP contribution in [0.3, 0.4) is 0 Å². The number of hydrogen-bond acceptors (Lipinski definition) is 2. The molecule has 0 spiro atoms. The van der Waals surface area contributed by atoms with Crippen LogP contribution < -0.4 is 9.80 Å². The molecule has 1 heterocycles. The van der Waals surface area contributed by atoms with E-state index in [-0.39, 0.29) is 0 Å². The van der Waals surface area contributed by atoms with Crippen LogP contribution in [-0.2, 0) is 0 Å². The number of fused-ring (bicyclic) bond motifs is 3. The summed E-state index contributed by atoms with van der Waals surface area (Å²) in [6.07, 6.45) is 0. The van der Waals surface area contributed by atoms with Gasteiger partial charge in [-0.05, 0) is 107 Å². The van der Waals surface area contributed by atoms with Gasteiger partial charge >= 0.3 is 0 Å². The van der Waals surface area contributed by atoms with Crippen LogP contribution >= 0.6 is 0 Å². The Kier molecular flexibility index (Phi) is 9.89. The lowest BCUT2D eigenvalue weighted by molar-refractivity contribution is 1.17. The lowest BCUT2D eigenvalue weighted by Crippen LogP contribution is -2.13. The van der Waals surface area contributed by atoms with Crippen LogP contribution in [-0.4, -0.2) is 4.57 Å². The molecule has 0 atom stereocenters. The van der Waals surface area contributed by atoms with Gasteiger partial charge in [0.15, 0.2) is 0 Å². The number of hydrogen-bond donors (Lipinski definition) is 0. The molecule has 63 heavy (non-hydrogen) atoms. The third kappa shape index (κ3) is 7.12. The van der Waals surface area contributed by atoms with Crippen molar-refractivity contribution in [3.63, 3.8) is 0 Å². The Morgan fingerprint density at radius 1 is 0.254 bits per heavy atom. The first-order valence-electron chi connectivity index (χ1n) is 21.5. The third-order valence-electron chi connectivity index (χ3n) is 12.0. The molecular weight excluding hydrogens is 763 g/mol. The zero-order chi connectivity index (χ0) is 42.0. The van der Waals surface area contributed by atoms with Gasteiger partial charge in [-0.1, -0.05) is 182 Å². The summed E-state index contributed by atoms with van der Waals surface area (Å²) in [7, 11) is 0. The predicted molar refractivity (Wildman–Crippen MR) is 266 cm³/mol. The minimum atomic E-state index is 1.07. The van der Waals surface area contributed by atoms with E-state index in [2.05, 4.69) is 275 Å². The summed E-state index contributed by atoms with van der Waals surface area (Å²) in [5.74, 6) is 0. The third-order valence-corrected chi connectivity index (χ3v) is 12.0. The molecule has 0 saturated carbocycles. The van der Waals surface area contributed by atoms with Crippen LogP contribution in [0.4, 0.5) is 34.1 Å². The van der Waals surface area contributed by atoms with Crippen LogP contribution in [0.15, 0.2) is 261 Å². The lowest BCUT2D eigenvalue weighted by atomic mass is 9.97. The van der Waals surface area contributed by atoms with E-state index in [0.717, 1.165) is 62.0 Å².